The first-order valence-electron chi connectivity index (χ1n) is 9.74. The van der Waals surface area contributed by atoms with Gasteiger partial charge < -0.3 is 15.0 Å². The van der Waals surface area contributed by atoms with Crippen LogP contribution in [0.2, 0.25) is 0 Å². The Morgan fingerprint density at radius 2 is 1.90 bits per heavy atom. The summed E-state index contributed by atoms with van der Waals surface area (Å²) >= 11 is 0. The zero-order valence-corrected chi connectivity index (χ0v) is 16.3. The van der Waals surface area contributed by atoms with E-state index in [9.17, 15) is 14.4 Å². The quantitative estimate of drug-likeness (QED) is 0.866. The lowest BCUT2D eigenvalue weighted by atomic mass is 10.1. The molecule has 0 aliphatic carbocycles. The fourth-order valence-electron chi connectivity index (χ4n) is 3.68. The van der Waals surface area contributed by atoms with Gasteiger partial charge in [-0.05, 0) is 55.7 Å². The van der Waals surface area contributed by atoms with Crippen molar-refractivity contribution in [1.82, 2.24) is 4.90 Å². The first-order valence-corrected chi connectivity index (χ1v) is 9.74. The van der Waals surface area contributed by atoms with Gasteiger partial charge in [-0.15, -0.1) is 0 Å². The van der Waals surface area contributed by atoms with Crippen LogP contribution in [-0.4, -0.2) is 48.9 Å². The molecule has 0 unspecified atom stereocenters. The molecule has 0 aromatic heterocycles. The predicted molar refractivity (Wildman–Crippen MR) is 109 cm³/mol. The molecular formula is C22H23N3O4. The van der Waals surface area contributed by atoms with Crippen molar-refractivity contribution in [3.63, 3.8) is 0 Å². The summed E-state index contributed by atoms with van der Waals surface area (Å²) in [5.74, 6) is -0.200. The van der Waals surface area contributed by atoms with Gasteiger partial charge in [0.05, 0.1) is 5.69 Å². The minimum Gasteiger partial charge on any atom is -0.482 e. The minimum absolute atomic E-state index is 0.0625. The molecule has 7 heteroatoms. The van der Waals surface area contributed by atoms with E-state index in [2.05, 4.69) is 5.32 Å². The number of ether oxygens (including phenoxy) is 1. The normalized spacial score (nSPS) is 15.7. The molecule has 150 valence electrons. The highest BCUT2D eigenvalue weighted by atomic mass is 16.5. The van der Waals surface area contributed by atoms with Crippen LogP contribution in [0.3, 0.4) is 0 Å². The number of anilines is 2. The Morgan fingerprint density at radius 1 is 1.10 bits per heavy atom. The van der Waals surface area contributed by atoms with E-state index >= 15 is 0 Å². The van der Waals surface area contributed by atoms with Crippen molar-refractivity contribution < 1.29 is 19.1 Å². The second-order valence-corrected chi connectivity index (χ2v) is 7.37. The molecule has 1 saturated heterocycles. The Bertz CT molecular complexity index is 966. The summed E-state index contributed by atoms with van der Waals surface area (Å²) in [5.41, 5.74) is 2.65. The number of rotatable bonds is 4. The van der Waals surface area contributed by atoms with Crippen LogP contribution < -0.4 is 15.0 Å². The van der Waals surface area contributed by atoms with Crippen LogP contribution in [0.25, 0.3) is 0 Å². The Labute approximate surface area is 169 Å². The molecule has 0 bridgehead atoms. The lowest BCUT2D eigenvalue weighted by Crippen LogP contribution is -2.43. The summed E-state index contributed by atoms with van der Waals surface area (Å²) in [6.45, 7) is 3.15. The maximum atomic E-state index is 12.7. The molecule has 3 amide bonds. The lowest BCUT2D eigenvalue weighted by Gasteiger charge is -2.29. The predicted octanol–water partition coefficient (Wildman–Crippen LogP) is 2.60. The average molecular weight is 393 g/mol. The van der Waals surface area contributed by atoms with Gasteiger partial charge in [0.2, 0.25) is 5.91 Å². The maximum Gasteiger partial charge on any atom is 0.265 e. The molecule has 7 nitrogen and oxygen atoms in total. The summed E-state index contributed by atoms with van der Waals surface area (Å²) in [5, 5.41) is 2.81. The number of hydrogen-bond acceptors (Lipinski definition) is 4. The largest absolute Gasteiger partial charge is 0.482 e. The molecule has 2 aliphatic heterocycles. The van der Waals surface area contributed by atoms with Gasteiger partial charge in [-0.25, -0.2) is 0 Å². The molecule has 0 saturated carbocycles. The fourth-order valence-corrected chi connectivity index (χ4v) is 3.68. The van der Waals surface area contributed by atoms with E-state index in [0.717, 1.165) is 31.5 Å². The molecule has 1 N–H and O–H groups in total. The molecule has 2 aliphatic rings. The summed E-state index contributed by atoms with van der Waals surface area (Å²) in [7, 11) is 0. The van der Waals surface area contributed by atoms with E-state index in [0.29, 0.717) is 22.7 Å². The van der Waals surface area contributed by atoms with Crippen molar-refractivity contribution in [3.05, 3.63) is 53.6 Å². The van der Waals surface area contributed by atoms with Crippen molar-refractivity contribution in [2.75, 3.05) is 36.5 Å². The molecule has 2 heterocycles. The molecule has 2 aromatic rings. The molecule has 0 atom stereocenters. The number of nitrogens with zero attached hydrogens (tertiary/aromatic N) is 2. The third-order valence-electron chi connectivity index (χ3n) is 5.15. The van der Waals surface area contributed by atoms with Gasteiger partial charge in [0.15, 0.2) is 6.61 Å². The van der Waals surface area contributed by atoms with Crippen LogP contribution in [0.5, 0.6) is 5.75 Å². The minimum atomic E-state index is -0.317. The number of amides is 3. The third-order valence-corrected chi connectivity index (χ3v) is 5.15. The monoisotopic (exact) mass is 393 g/mol. The molecule has 1 fully saturated rings. The van der Waals surface area contributed by atoms with Crippen LogP contribution in [-0.2, 0) is 9.59 Å². The molecule has 0 radical (unpaired) electrons. The van der Waals surface area contributed by atoms with Gasteiger partial charge in [0.25, 0.3) is 11.8 Å². The van der Waals surface area contributed by atoms with E-state index in [4.69, 9.17) is 4.74 Å². The van der Waals surface area contributed by atoms with Crippen molar-refractivity contribution in [1.29, 1.82) is 0 Å². The molecule has 0 spiro atoms. The number of aryl methyl sites for hydroxylation is 1. The van der Waals surface area contributed by atoms with Crippen LogP contribution in [0, 0.1) is 6.92 Å². The van der Waals surface area contributed by atoms with Gasteiger partial charge >= 0.3 is 0 Å². The smallest absolute Gasteiger partial charge is 0.265 e. The number of benzene rings is 2. The summed E-state index contributed by atoms with van der Waals surface area (Å²) in [6, 6.07) is 12.5. The zero-order chi connectivity index (χ0) is 20.4. The van der Waals surface area contributed by atoms with Crippen LogP contribution in [0.15, 0.2) is 42.5 Å². The van der Waals surface area contributed by atoms with E-state index in [1.165, 1.54) is 4.90 Å². The first kappa shape index (κ1) is 19.0. The molecule has 29 heavy (non-hydrogen) atoms. The number of likely N-dealkylation sites (tertiary alicyclic amines) is 1. The summed E-state index contributed by atoms with van der Waals surface area (Å²) in [6.07, 6.45) is 2.01. The van der Waals surface area contributed by atoms with Crippen molar-refractivity contribution in [2.45, 2.75) is 19.8 Å². The number of fused-ring (bicyclic) bond motifs is 1. The summed E-state index contributed by atoms with van der Waals surface area (Å²) in [4.78, 5) is 40.9. The average Bonchev–Trinajstić information content (AvgIpc) is 3.24. The zero-order valence-electron chi connectivity index (χ0n) is 16.3. The number of carbonyl (C=O) groups is 3. The first-order chi connectivity index (χ1) is 14.0. The third kappa shape index (κ3) is 4.08. The van der Waals surface area contributed by atoms with E-state index < -0.39 is 0 Å². The lowest BCUT2D eigenvalue weighted by molar-refractivity contribution is -0.123. The Balaban J connectivity index is 1.55. The SMILES string of the molecule is Cc1cccc(NC(=O)CN2C(=O)COc3ccc(C(=O)N4CCCC4)cc32)c1. The molecule has 2 aromatic carbocycles. The van der Waals surface area contributed by atoms with Crippen LogP contribution >= 0.6 is 0 Å². The van der Waals surface area contributed by atoms with E-state index in [-0.39, 0.29) is 30.9 Å². The molecular weight excluding hydrogens is 370 g/mol. The van der Waals surface area contributed by atoms with E-state index in [1.807, 2.05) is 30.0 Å². The Hall–Kier alpha value is -3.35. The van der Waals surface area contributed by atoms with Gasteiger partial charge in [0.1, 0.15) is 12.3 Å². The Kier molecular flexibility index (Phi) is 5.20. The molecule has 4 rings (SSSR count). The van der Waals surface area contributed by atoms with Crippen LogP contribution in [0.4, 0.5) is 11.4 Å². The van der Waals surface area contributed by atoms with Gasteiger partial charge in [-0.2, -0.15) is 0 Å². The topological polar surface area (TPSA) is 79.0 Å². The summed E-state index contributed by atoms with van der Waals surface area (Å²) < 4.78 is 5.49. The van der Waals surface area contributed by atoms with E-state index in [1.54, 1.807) is 24.3 Å². The van der Waals surface area contributed by atoms with Crippen LogP contribution in [0.1, 0.15) is 28.8 Å². The second kappa shape index (κ2) is 7.95. The second-order valence-electron chi connectivity index (χ2n) is 7.37. The fraction of sp³-hybridized carbons (Fsp3) is 0.318. The van der Waals surface area contributed by atoms with Crippen molar-refractivity contribution in [2.24, 2.45) is 0 Å². The highest BCUT2D eigenvalue weighted by molar-refractivity contribution is 6.06. The number of nitrogens with one attached hydrogen (secondary N) is 1. The number of hydrogen-bond donors (Lipinski definition) is 1. The standard InChI is InChI=1S/C22H23N3O4/c1-15-5-4-6-17(11-15)23-20(26)13-25-18-12-16(22(28)24-9-2-3-10-24)7-8-19(18)29-14-21(25)27/h4-8,11-12H,2-3,9-10,13-14H2,1H3,(H,23,26). The van der Waals surface area contributed by atoms with Crippen molar-refractivity contribution >= 4 is 29.1 Å². The van der Waals surface area contributed by atoms with Gasteiger partial charge in [-0.1, -0.05) is 12.1 Å². The number of carbonyl (C=O) groups excluding carboxylic acids is 3. The van der Waals surface area contributed by atoms with Gasteiger partial charge in [-0.3, -0.25) is 19.3 Å². The maximum absolute atomic E-state index is 12.7. The Morgan fingerprint density at radius 3 is 2.66 bits per heavy atom. The highest BCUT2D eigenvalue weighted by Gasteiger charge is 2.29. The van der Waals surface area contributed by atoms with Gasteiger partial charge in [0, 0.05) is 24.3 Å². The highest BCUT2D eigenvalue weighted by Crippen LogP contribution is 2.33. The van der Waals surface area contributed by atoms with Crippen molar-refractivity contribution in [3.8, 4) is 5.75 Å².